The minimum atomic E-state index is -4.71. The smallest absolute Gasteiger partial charge is 0.418 e. The van der Waals surface area contributed by atoms with Crippen LogP contribution in [0.4, 0.5) is 18.9 Å². The number of amides is 1. The average Bonchev–Trinajstić information content (AvgIpc) is 2.65. The molecule has 27 heavy (non-hydrogen) atoms. The number of ether oxygens (including phenoxy) is 1. The van der Waals surface area contributed by atoms with Gasteiger partial charge >= 0.3 is 12.1 Å². The summed E-state index contributed by atoms with van der Waals surface area (Å²) >= 11 is 0. The van der Waals surface area contributed by atoms with Gasteiger partial charge in [-0.25, -0.2) is 4.79 Å². The summed E-state index contributed by atoms with van der Waals surface area (Å²) in [6.45, 7) is 1.86. The number of carbonyl (C=O) groups is 2. The topological polar surface area (TPSA) is 91.2 Å². The first-order valence-corrected chi connectivity index (χ1v) is 7.71. The van der Waals surface area contributed by atoms with Gasteiger partial charge in [0.2, 0.25) is 0 Å². The third kappa shape index (κ3) is 4.98. The van der Waals surface area contributed by atoms with Gasteiger partial charge in [0, 0.05) is 5.56 Å². The average molecular weight is 377 g/mol. The van der Waals surface area contributed by atoms with Gasteiger partial charge in [0.25, 0.3) is 5.91 Å². The van der Waals surface area contributed by atoms with Crippen molar-refractivity contribution in [1.29, 1.82) is 5.26 Å². The molecule has 2 aromatic rings. The Morgan fingerprint density at radius 3 is 2.30 bits per heavy atom. The third-order valence-corrected chi connectivity index (χ3v) is 3.42. The van der Waals surface area contributed by atoms with Crippen LogP contribution in [0.5, 0.6) is 0 Å². The number of rotatable bonds is 5. The lowest BCUT2D eigenvalue weighted by atomic mass is 10.1. The Balaban J connectivity index is 2.12. The first kappa shape index (κ1) is 19.8. The van der Waals surface area contributed by atoms with E-state index in [1.54, 1.807) is 13.0 Å². The van der Waals surface area contributed by atoms with Crippen LogP contribution in [0.3, 0.4) is 0 Å². The van der Waals surface area contributed by atoms with E-state index in [0.29, 0.717) is 6.07 Å². The van der Waals surface area contributed by atoms with Crippen molar-refractivity contribution in [3.63, 3.8) is 0 Å². The van der Waals surface area contributed by atoms with Gasteiger partial charge in [-0.15, -0.1) is 0 Å². The Kier molecular flexibility index (Phi) is 6.03. The largest absolute Gasteiger partial charge is 0.462 e. The Labute approximate surface area is 152 Å². The highest BCUT2D eigenvalue weighted by molar-refractivity contribution is 5.96. The van der Waals surface area contributed by atoms with Crippen LogP contribution >= 0.6 is 0 Å². The predicted molar refractivity (Wildman–Crippen MR) is 89.6 cm³/mol. The van der Waals surface area contributed by atoms with Crippen molar-refractivity contribution in [3.05, 3.63) is 64.7 Å². The molecule has 0 atom stereocenters. The van der Waals surface area contributed by atoms with Gasteiger partial charge in [-0.3, -0.25) is 15.6 Å². The number of hydrogen-bond donors (Lipinski definition) is 2. The Bertz CT molecular complexity index is 887. The molecule has 9 heteroatoms. The first-order valence-electron chi connectivity index (χ1n) is 7.71. The number of alkyl halides is 3. The number of hydrogen-bond acceptors (Lipinski definition) is 5. The van der Waals surface area contributed by atoms with Gasteiger partial charge in [-0.2, -0.15) is 18.4 Å². The molecule has 0 spiro atoms. The van der Waals surface area contributed by atoms with Crippen LogP contribution in [0.2, 0.25) is 0 Å². The molecule has 0 radical (unpaired) electrons. The van der Waals surface area contributed by atoms with Gasteiger partial charge in [0.1, 0.15) is 0 Å². The molecule has 0 fully saturated rings. The second kappa shape index (κ2) is 8.23. The first-order chi connectivity index (χ1) is 12.8. The molecule has 2 N–H and O–H groups in total. The van der Waals surface area contributed by atoms with Gasteiger partial charge in [0.05, 0.1) is 35.1 Å². The summed E-state index contributed by atoms with van der Waals surface area (Å²) in [4.78, 5) is 23.6. The molecule has 0 unspecified atom stereocenters. The zero-order valence-electron chi connectivity index (χ0n) is 14.1. The summed E-state index contributed by atoms with van der Waals surface area (Å²) in [6.07, 6.45) is -4.71. The maximum Gasteiger partial charge on any atom is 0.418 e. The zero-order valence-corrected chi connectivity index (χ0v) is 14.1. The summed E-state index contributed by atoms with van der Waals surface area (Å²) in [5.41, 5.74) is 3.08. The molecule has 0 aromatic heterocycles. The van der Waals surface area contributed by atoms with Crippen molar-refractivity contribution in [1.82, 2.24) is 5.43 Å². The van der Waals surface area contributed by atoms with Crippen LogP contribution < -0.4 is 10.9 Å². The lowest BCUT2D eigenvalue weighted by Gasteiger charge is -2.15. The zero-order chi connectivity index (χ0) is 20.0. The lowest BCUT2D eigenvalue weighted by molar-refractivity contribution is -0.137. The van der Waals surface area contributed by atoms with E-state index in [2.05, 4.69) is 10.9 Å². The van der Waals surface area contributed by atoms with E-state index in [1.165, 1.54) is 30.3 Å². The number of hydrazine groups is 1. The summed E-state index contributed by atoms with van der Waals surface area (Å²) in [7, 11) is 0. The van der Waals surface area contributed by atoms with Crippen molar-refractivity contribution in [2.75, 3.05) is 12.0 Å². The normalized spacial score (nSPS) is 10.6. The fraction of sp³-hybridized carbons (Fsp3) is 0.167. The lowest BCUT2D eigenvalue weighted by Crippen LogP contribution is -2.30. The van der Waals surface area contributed by atoms with E-state index in [-0.39, 0.29) is 23.3 Å². The Hall–Kier alpha value is -3.54. The van der Waals surface area contributed by atoms with E-state index in [1.807, 2.05) is 0 Å². The van der Waals surface area contributed by atoms with Crippen LogP contribution in [0.15, 0.2) is 42.5 Å². The number of carbonyl (C=O) groups excluding carboxylic acids is 2. The molecular weight excluding hydrogens is 363 g/mol. The van der Waals surface area contributed by atoms with Crippen LogP contribution in [-0.2, 0) is 10.9 Å². The second-order valence-electron chi connectivity index (χ2n) is 5.25. The maximum atomic E-state index is 13.1. The van der Waals surface area contributed by atoms with Crippen LogP contribution in [0, 0.1) is 11.3 Å². The summed E-state index contributed by atoms with van der Waals surface area (Å²) in [5, 5.41) is 8.74. The molecule has 0 aliphatic rings. The van der Waals surface area contributed by atoms with Crippen molar-refractivity contribution in [2.24, 2.45) is 0 Å². The van der Waals surface area contributed by atoms with Crippen LogP contribution in [0.1, 0.15) is 38.8 Å². The van der Waals surface area contributed by atoms with Gasteiger partial charge in [-0.1, -0.05) is 0 Å². The van der Waals surface area contributed by atoms with E-state index in [9.17, 15) is 22.8 Å². The SMILES string of the molecule is CCOC(=O)c1ccc(C(=O)NNc2ccc(C#N)cc2C(F)(F)F)cc1. The minimum Gasteiger partial charge on any atom is -0.462 e. The number of anilines is 1. The molecule has 0 bridgehead atoms. The molecule has 2 aromatic carbocycles. The standard InChI is InChI=1S/C18H14F3N3O3/c1-2-27-17(26)13-6-4-12(5-7-13)16(25)24-23-15-8-3-11(10-22)9-14(15)18(19,20)21/h3-9,23H,2H2,1H3,(H,24,25). The predicted octanol–water partition coefficient (Wildman–Crippen LogP) is 3.51. The van der Waals surface area contributed by atoms with E-state index >= 15 is 0 Å². The quantitative estimate of drug-likeness (QED) is 0.615. The monoisotopic (exact) mass is 377 g/mol. The van der Waals surface area contributed by atoms with Crippen molar-refractivity contribution < 1.29 is 27.5 Å². The highest BCUT2D eigenvalue weighted by Crippen LogP contribution is 2.35. The number of halogens is 3. The molecule has 140 valence electrons. The number of nitrogens with one attached hydrogen (secondary N) is 2. The second-order valence-corrected chi connectivity index (χ2v) is 5.25. The van der Waals surface area contributed by atoms with Gasteiger partial charge in [0.15, 0.2) is 0 Å². The van der Waals surface area contributed by atoms with Crippen molar-refractivity contribution in [2.45, 2.75) is 13.1 Å². The van der Waals surface area contributed by atoms with Gasteiger partial charge in [-0.05, 0) is 49.4 Å². The van der Waals surface area contributed by atoms with Crippen LogP contribution in [-0.4, -0.2) is 18.5 Å². The highest BCUT2D eigenvalue weighted by atomic mass is 19.4. The number of benzene rings is 2. The Morgan fingerprint density at radius 2 is 1.74 bits per heavy atom. The molecular formula is C18H14F3N3O3. The number of nitriles is 1. The van der Waals surface area contributed by atoms with E-state index in [0.717, 1.165) is 6.07 Å². The Morgan fingerprint density at radius 1 is 1.11 bits per heavy atom. The minimum absolute atomic E-state index is 0.123. The molecule has 6 nitrogen and oxygen atoms in total. The van der Waals surface area contributed by atoms with E-state index in [4.69, 9.17) is 10.00 Å². The van der Waals surface area contributed by atoms with E-state index < -0.39 is 29.3 Å². The summed E-state index contributed by atoms with van der Waals surface area (Å²) < 4.78 is 44.1. The molecule has 0 aliphatic carbocycles. The highest BCUT2D eigenvalue weighted by Gasteiger charge is 2.34. The molecule has 0 saturated heterocycles. The van der Waals surface area contributed by atoms with Crippen molar-refractivity contribution >= 4 is 17.6 Å². The maximum absolute atomic E-state index is 13.1. The van der Waals surface area contributed by atoms with Crippen LogP contribution in [0.25, 0.3) is 0 Å². The molecule has 0 saturated carbocycles. The van der Waals surface area contributed by atoms with Gasteiger partial charge < -0.3 is 4.74 Å². The molecule has 1 amide bonds. The van der Waals surface area contributed by atoms with Crippen molar-refractivity contribution in [3.8, 4) is 6.07 Å². The number of nitrogens with zero attached hydrogens (tertiary/aromatic N) is 1. The number of esters is 1. The fourth-order valence-corrected chi connectivity index (χ4v) is 2.13. The summed E-state index contributed by atoms with van der Waals surface area (Å²) in [5.74, 6) is -1.25. The fourth-order valence-electron chi connectivity index (χ4n) is 2.13. The molecule has 0 aliphatic heterocycles. The third-order valence-electron chi connectivity index (χ3n) is 3.42. The molecule has 2 rings (SSSR count). The summed E-state index contributed by atoms with van der Waals surface area (Å²) in [6, 6.07) is 9.97. The molecule has 0 heterocycles.